The Hall–Kier alpha value is -3.99. The van der Waals surface area contributed by atoms with Crippen molar-refractivity contribution < 1.29 is 27.4 Å². The van der Waals surface area contributed by atoms with Gasteiger partial charge in [-0.3, -0.25) is 9.69 Å². The summed E-state index contributed by atoms with van der Waals surface area (Å²) in [5.41, 5.74) is 2.01. The van der Waals surface area contributed by atoms with Gasteiger partial charge in [-0.1, -0.05) is 6.07 Å². The van der Waals surface area contributed by atoms with E-state index < -0.39 is 17.5 Å². The number of imidazole rings is 1. The molecule has 4 aromatic rings. The molecule has 0 radical (unpaired) electrons. The number of ether oxygens (including phenoxy) is 2. The van der Waals surface area contributed by atoms with Crippen molar-refractivity contribution in [1.82, 2.24) is 19.5 Å². The van der Waals surface area contributed by atoms with E-state index in [0.29, 0.717) is 66.5 Å². The van der Waals surface area contributed by atoms with Crippen molar-refractivity contribution in [2.75, 3.05) is 31.8 Å². The lowest BCUT2D eigenvalue weighted by atomic mass is 10.0. The molecule has 0 fully saturated rings. The van der Waals surface area contributed by atoms with E-state index in [1.807, 2.05) is 0 Å². The smallest absolute Gasteiger partial charge is 0.232 e. The molecule has 35 heavy (non-hydrogen) atoms. The molecule has 2 aromatic carbocycles. The van der Waals surface area contributed by atoms with Gasteiger partial charge in [-0.25, -0.2) is 28.1 Å². The number of nitrogens with zero attached hydrogens (tertiary/aromatic N) is 5. The Balaban J connectivity index is 1.68. The van der Waals surface area contributed by atoms with Crippen molar-refractivity contribution in [2.24, 2.45) is 0 Å². The van der Waals surface area contributed by atoms with E-state index in [-0.39, 0.29) is 17.2 Å². The third-order valence-corrected chi connectivity index (χ3v) is 5.71. The quantitative estimate of drug-likeness (QED) is 0.305. The normalized spacial score (nSPS) is 12.9. The molecule has 1 aliphatic rings. The Labute approximate surface area is 197 Å². The minimum Gasteiger partial charge on any atom is -0.474 e. The fraction of sp³-hybridized carbons (Fsp3) is 0.250. The summed E-state index contributed by atoms with van der Waals surface area (Å²) in [6.45, 7) is 2.87. The van der Waals surface area contributed by atoms with Crippen LogP contribution in [0.1, 0.15) is 6.92 Å². The summed E-state index contributed by atoms with van der Waals surface area (Å²) >= 11 is 0. The standard InChI is InChI=1S/C24H20F3N5O3/c1-13(33)31-5-6-32-23(22(30-24(31)32)15-10-17(26)18(27)11-16(15)25)14-3-4-19-20(9-14)29-21(12-28-19)35-8-7-34-2/h3-4,9-12H,5-8H2,1-2H3. The number of halogens is 3. The summed E-state index contributed by atoms with van der Waals surface area (Å²) in [5.74, 6) is -3.10. The van der Waals surface area contributed by atoms with Gasteiger partial charge in [-0.05, 0) is 18.2 Å². The Morgan fingerprint density at radius 3 is 2.57 bits per heavy atom. The number of hydrogen-bond acceptors (Lipinski definition) is 6. The second-order valence-electron chi connectivity index (χ2n) is 7.93. The summed E-state index contributed by atoms with van der Waals surface area (Å²) in [7, 11) is 1.56. The van der Waals surface area contributed by atoms with Crippen LogP contribution in [0.3, 0.4) is 0 Å². The van der Waals surface area contributed by atoms with E-state index in [4.69, 9.17) is 9.47 Å². The minimum atomic E-state index is -1.30. The van der Waals surface area contributed by atoms with Gasteiger partial charge in [0.1, 0.15) is 18.1 Å². The molecule has 1 amide bonds. The van der Waals surface area contributed by atoms with Crippen LogP contribution in [0.15, 0.2) is 36.5 Å². The number of carbonyl (C=O) groups excluding carboxylic acids is 1. The van der Waals surface area contributed by atoms with Crippen LogP contribution in [0, 0.1) is 17.5 Å². The second-order valence-corrected chi connectivity index (χ2v) is 7.93. The second kappa shape index (κ2) is 8.99. The van der Waals surface area contributed by atoms with Gasteiger partial charge in [-0.15, -0.1) is 0 Å². The molecular formula is C24H20F3N5O3. The Morgan fingerprint density at radius 2 is 1.80 bits per heavy atom. The number of anilines is 1. The molecule has 0 atom stereocenters. The molecule has 8 nitrogen and oxygen atoms in total. The van der Waals surface area contributed by atoms with Gasteiger partial charge in [0.15, 0.2) is 11.6 Å². The number of hydrogen-bond donors (Lipinski definition) is 0. The van der Waals surface area contributed by atoms with Gasteiger partial charge in [0, 0.05) is 44.3 Å². The molecule has 0 bridgehead atoms. The van der Waals surface area contributed by atoms with E-state index in [2.05, 4.69) is 15.0 Å². The SMILES string of the molecule is COCCOc1cnc2ccc(-c3c(-c4cc(F)c(F)cc4F)nc4n3CCN4C(C)=O)cc2n1. The first kappa shape index (κ1) is 22.8. The predicted octanol–water partition coefficient (Wildman–Crippen LogP) is 3.97. The topological polar surface area (TPSA) is 82.4 Å². The lowest BCUT2D eigenvalue weighted by molar-refractivity contribution is -0.116. The summed E-state index contributed by atoms with van der Waals surface area (Å²) in [6.07, 6.45) is 1.50. The highest BCUT2D eigenvalue weighted by atomic mass is 19.2. The molecule has 1 aliphatic heterocycles. The van der Waals surface area contributed by atoms with Crippen LogP contribution < -0.4 is 9.64 Å². The molecule has 2 aromatic heterocycles. The summed E-state index contributed by atoms with van der Waals surface area (Å²) in [4.78, 5) is 26.9. The first-order valence-electron chi connectivity index (χ1n) is 10.8. The monoisotopic (exact) mass is 483 g/mol. The van der Waals surface area contributed by atoms with Gasteiger partial charge in [0.25, 0.3) is 0 Å². The lowest BCUT2D eigenvalue weighted by Crippen LogP contribution is -2.26. The van der Waals surface area contributed by atoms with Crippen LogP contribution in [0.2, 0.25) is 0 Å². The van der Waals surface area contributed by atoms with Crippen LogP contribution in [0.4, 0.5) is 19.1 Å². The summed E-state index contributed by atoms with van der Waals surface area (Å²) < 4.78 is 54.8. The summed E-state index contributed by atoms with van der Waals surface area (Å²) in [5, 5.41) is 0. The maximum atomic E-state index is 14.8. The van der Waals surface area contributed by atoms with Gasteiger partial charge in [0.05, 0.1) is 29.5 Å². The van der Waals surface area contributed by atoms with Crippen LogP contribution in [0.25, 0.3) is 33.5 Å². The van der Waals surface area contributed by atoms with Crippen molar-refractivity contribution in [3.63, 3.8) is 0 Å². The van der Waals surface area contributed by atoms with Crippen molar-refractivity contribution >= 4 is 22.9 Å². The highest BCUT2D eigenvalue weighted by molar-refractivity contribution is 5.94. The minimum absolute atomic E-state index is 0.0853. The van der Waals surface area contributed by atoms with Crippen LogP contribution in [0.5, 0.6) is 5.88 Å². The number of benzene rings is 2. The third kappa shape index (κ3) is 4.08. The molecule has 0 aliphatic carbocycles. The molecule has 0 spiro atoms. The zero-order chi connectivity index (χ0) is 24.7. The maximum Gasteiger partial charge on any atom is 0.232 e. The number of methoxy groups -OCH3 is 1. The number of carbonyl (C=O) groups is 1. The molecule has 0 N–H and O–H groups in total. The lowest BCUT2D eigenvalue weighted by Gasteiger charge is -2.11. The fourth-order valence-corrected chi connectivity index (χ4v) is 4.08. The van der Waals surface area contributed by atoms with Gasteiger partial charge < -0.3 is 14.0 Å². The van der Waals surface area contributed by atoms with Crippen LogP contribution in [-0.2, 0) is 16.1 Å². The zero-order valence-electron chi connectivity index (χ0n) is 18.9. The highest BCUT2D eigenvalue weighted by Crippen LogP contribution is 2.40. The number of rotatable bonds is 6. The molecule has 3 heterocycles. The number of amides is 1. The predicted molar refractivity (Wildman–Crippen MR) is 121 cm³/mol. The van der Waals surface area contributed by atoms with E-state index >= 15 is 0 Å². The van der Waals surface area contributed by atoms with E-state index in [1.165, 1.54) is 18.0 Å². The summed E-state index contributed by atoms with van der Waals surface area (Å²) in [6, 6.07) is 6.47. The van der Waals surface area contributed by atoms with Gasteiger partial charge in [0.2, 0.25) is 17.7 Å². The molecule has 11 heteroatoms. The molecule has 180 valence electrons. The van der Waals surface area contributed by atoms with Crippen LogP contribution in [-0.4, -0.2) is 52.3 Å². The maximum absolute atomic E-state index is 14.8. The average Bonchev–Trinajstić information content (AvgIpc) is 3.40. The molecule has 0 unspecified atom stereocenters. The van der Waals surface area contributed by atoms with Gasteiger partial charge >= 0.3 is 0 Å². The zero-order valence-corrected chi connectivity index (χ0v) is 18.9. The average molecular weight is 483 g/mol. The van der Waals surface area contributed by atoms with E-state index in [0.717, 1.165) is 6.07 Å². The Bertz CT molecular complexity index is 1460. The van der Waals surface area contributed by atoms with E-state index in [1.54, 1.807) is 29.9 Å². The first-order valence-corrected chi connectivity index (χ1v) is 10.8. The van der Waals surface area contributed by atoms with Crippen molar-refractivity contribution in [2.45, 2.75) is 13.5 Å². The van der Waals surface area contributed by atoms with Crippen molar-refractivity contribution in [1.29, 1.82) is 0 Å². The number of aromatic nitrogens is 4. The third-order valence-electron chi connectivity index (χ3n) is 5.71. The van der Waals surface area contributed by atoms with Crippen LogP contribution >= 0.6 is 0 Å². The first-order chi connectivity index (χ1) is 16.9. The fourth-order valence-electron chi connectivity index (χ4n) is 4.08. The molecule has 0 saturated heterocycles. The van der Waals surface area contributed by atoms with Crippen molar-refractivity contribution in [3.05, 3.63) is 54.0 Å². The highest BCUT2D eigenvalue weighted by Gasteiger charge is 2.31. The molecular weight excluding hydrogens is 463 g/mol. The molecule has 5 rings (SSSR count). The van der Waals surface area contributed by atoms with Gasteiger partial charge in [-0.2, -0.15) is 0 Å². The molecule has 0 saturated carbocycles. The Kier molecular flexibility index (Phi) is 5.85. The largest absolute Gasteiger partial charge is 0.474 e. The Morgan fingerprint density at radius 1 is 1.00 bits per heavy atom. The van der Waals surface area contributed by atoms with Crippen molar-refractivity contribution in [3.8, 4) is 28.4 Å². The van der Waals surface area contributed by atoms with E-state index in [9.17, 15) is 18.0 Å². The number of fused-ring (bicyclic) bond motifs is 2.